The van der Waals surface area contributed by atoms with Crippen LogP contribution in [-0.2, 0) is 7.05 Å². The third-order valence-corrected chi connectivity index (χ3v) is 3.54. The Hall–Kier alpha value is -1.68. The summed E-state index contributed by atoms with van der Waals surface area (Å²) in [5.74, 6) is -0.204. The van der Waals surface area contributed by atoms with E-state index in [4.69, 9.17) is 0 Å². The molecule has 1 atom stereocenters. The van der Waals surface area contributed by atoms with E-state index in [1.165, 1.54) is 6.07 Å². The molecular weight excluding hydrogens is 241 g/mol. The molecule has 0 aliphatic rings. The Kier molecular flexibility index (Phi) is 4.00. The molecule has 2 rings (SSSR count). The predicted octanol–water partition coefficient (Wildman–Crippen LogP) is 2.87. The van der Waals surface area contributed by atoms with Gasteiger partial charge >= 0.3 is 0 Å². The average molecular weight is 261 g/mol. The fourth-order valence-electron chi connectivity index (χ4n) is 2.31. The zero-order valence-electron chi connectivity index (χ0n) is 11.9. The number of aryl methyl sites for hydroxylation is 2. The highest BCUT2D eigenvalue weighted by molar-refractivity contribution is 5.38. The lowest BCUT2D eigenvalue weighted by Crippen LogP contribution is -2.23. The Labute approximate surface area is 113 Å². The number of nitrogens with zero attached hydrogens (tertiary/aromatic N) is 2. The van der Waals surface area contributed by atoms with Crippen LogP contribution in [0.4, 0.5) is 4.39 Å². The Morgan fingerprint density at radius 3 is 2.63 bits per heavy atom. The number of hydrogen-bond donors (Lipinski definition) is 1. The first-order chi connectivity index (χ1) is 9.04. The highest BCUT2D eigenvalue weighted by Gasteiger charge is 2.20. The topological polar surface area (TPSA) is 29.9 Å². The fourth-order valence-corrected chi connectivity index (χ4v) is 2.31. The summed E-state index contributed by atoms with van der Waals surface area (Å²) in [6.45, 7) is 6.90. The summed E-state index contributed by atoms with van der Waals surface area (Å²) < 4.78 is 15.4. The molecule has 0 aliphatic heterocycles. The van der Waals surface area contributed by atoms with E-state index in [2.05, 4.69) is 10.4 Å². The van der Waals surface area contributed by atoms with Crippen molar-refractivity contribution >= 4 is 0 Å². The molecule has 1 unspecified atom stereocenters. The average Bonchev–Trinajstić information content (AvgIpc) is 2.71. The first-order valence-electron chi connectivity index (χ1n) is 6.52. The summed E-state index contributed by atoms with van der Waals surface area (Å²) in [5, 5.41) is 7.70. The standard InChI is InChI=1S/C15H20FN3/c1-5-17-15(14-9-18-19(4)11(14)3)13-8-12(16)7-6-10(13)2/h6-9,15,17H,5H2,1-4H3. The van der Waals surface area contributed by atoms with E-state index in [1.54, 1.807) is 6.07 Å². The summed E-state index contributed by atoms with van der Waals surface area (Å²) in [7, 11) is 1.92. The van der Waals surface area contributed by atoms with Gasteiger partial charge in [-0.2, -0.15) is 5.10 Å². The van der Waals surface area contributed by atoms with E-state index >= 15 is 0 Å². The van der Waals surface area contributed by atoms with E-state index in [0.717, 1.165) is 28.9 Å². The van der Waals surface area contributed by atoms with Crippen molar-refractivity contribution in [1.82, 2.24) is 15.1 Å². The van der Waals surface area contributed by atoms with Crippen molar-refractivity contribution in [3.05, 3.63) is 52.6 Å². The van der Waals surface area contributed by atoms with Gasteiger partial charge in [0.2, 0.25) is 0 Å². The maximum absolute atomic E-state index is 13.5. The minimum Gasteiger partial charge on any atom is -0.306 e. The molecule has 1 heterocycles. The second kappa shape index (κ2) is 5.53. The minimum atomic E-state index is -0.204. The molecule has 0 saturated heterocycles. The summed E-state index contributed by atoms with van der Waals surface area (Å²) in [6.07, 6.45) is 1.85. The first-order valence-corrected chi connectivity index (χ1v) is 6.52. The van der Waals surface area contributed by atoms with E-state index in [-0.39, 0.29) is 11.9 Å². The van der Waals surface area contributed by atoms with Crippen molar-refractivity contribution < 1.29 is 4.39 Å². The van der Waals surface area contributed by atoms with Gasteiger partial charge in [-0.1, -0.05) is 13.0 Å². The van der Waals surface area contributed by atoms with Crippen LogP contribution in [0.3, 0.4) is 0 Å². The lowest BCUT2D eigenvalue weighted by atomic mass is 9.95. The van der Waals surface area contributed by atoms with Gasteiger partial charge in [0.15, 0.2) is 0 Å². The Morgan fingerprint density at radius 1 is 1.32 bits per heavy atom. The van der Waals surface area contributed by atoms with Crippen LogP contribution >= 0.6 is 0 Å². The smallest absolute Gasteiger partial charge is 0.123 e. The van der Waals surface area contributed by atoms with Gasteiger partial charge in [-0.25, -0.2) is 4.39 Å². The van der Waals surface area contributed by atoms with Crippen LogP contribution in [-0.4, -0.2) is 16.3 Å². The third kappa shape index (κ3) is 2.68. The van der Waals surface area contributed by atoms with Crippen molar-refractivity contribution in [3.8, 4) is 0 Å². The Morgan fingerprint density at radius 2 is 2.05 bits per heavy atom. The van der Waals surface area contributed by atoms with Crippen molar-refractivity contribution in [2.75, 3.05) is 6.54 Å². The zero-order chi connectivity index (χ0) is 14.0. The second-order valence-electron chi connectivity index (χ2n) is 4.80. The summed E-state index contributed by atoms with van der Waals surface area (Å²) in [5.41, 5.74) is 4.24. The molecule has 1 aromatic carbocycles. The molecule has 3 nitrogen and oxygen atoms in total. The molecule has 0 bridgehead atoms. The number of halogens is 1. The third-order valence-electron chi connectivity index (χ3n) is 3.54. The van der Waals surface area contributed by atoms with Crippen LogP contribution in [0.25, 0.3) is 0 Å². The molecule has 0 spiro atoms. The highest BCUT2D eigenvalue weighted by atomic mass is 19.1. The number of aromatic nitrogens is 2. The molecule has 0 aliphatic carbocycles. The van der Waals surface area contributed by atoms with E-state index in [1.807, 2.05) is 44.8 Å². The molecule has 0 saturated carbocycles. The van der Waals surface area contributed by atoms with Gasteiger partial charge in [0.25, 0.3) is 0 Å². The molecule has 19 heavy (non-hydrogen) atoms. The SMILES string of the molecule is CCNC(c1cc(F)ccc1C)c1cnn(C)c1C. The molecule has 102 valence electrons. The van der Waals surface area contributed by atoms with Crippen LogP contribution < -0.4 is 5.32 Å². The molecule has 4 heteroatoms. The number of hydrogen-bond acceptors (Lipinski definition) is 2. The fraction of sp³-hybridized carbons (Fsp3) is 0.400. The van der Waals surface area contributed by atoms with Gasteiger partial charge in [0.05, 0.1) is 12.2 Å². The summed E-state index contributed by atoms with van der Waals surface area (Å²) in [4.78, 5) is 0. The number of nitrogens with one attached hydrogen (secondary N) is 1. The van der Waals surface area contributed by atoms with Gasteiger partial charge < -0.3 is 5.32 Å². The van der Waals surface area contributed by atoms with Crippen LogP contribution in [0.1, 0.15) is 35.3 Å². The lowest BCUT2D eigenvalue weighted by Gasteiger charge is -2.20. The van der Waals surface area contributed by atoms with Crippen molar-refractivity contribution in [3.63, 3.8) is 0 Å². The van der Waals surface area contributed by atoms with Crippen molar-refractivity contribution in [2.24, 2.45) is 7.05 Å². The normalized spacial score (nSPS) is 12.7. The van der Waals surface area contributed by atoms with Crippen molar-refractivity contribution in [2.45, 2.75) is 26.8 Å². The monoisotopic (exact) mass is 261 g/mol. The molecule has 2 aromatic rings. The van der Waals surface area contributed by atoms with E-state index in [0.29, 0.717) is 0 Å². The Balaban J connectivity index is 2.51. The molecule has 0 radical (unpaired) electrons. The largest absolute Gasteiger partial charge is 0.306 e. The van der Waals surface area contributed by atoms with Crippen LogP contribution in [0.5, 0.6) is 0 Å². The molecule has 0 fully saturated rings. The van der Waals surface area contributed by atoms with Crippen LogP contribution in [0.2, 0.25) is 0 Å². The highest BCUT2D eigenvalue weighted by Crippen LogP contribution is 2.27. The number of rotatable bonds is 4. The predicted molar refractivity (Wildman–Crippen MR) is 74.6 cm³/mol. The van der Waals surface area contributed by atoms with Crippen LogP contribution in [0, 0.1) is 19.7 Å². The summed E-state index contributed by atoms with van der Waals surface area (Å²) >= 11 is 0. The zero-order valence-corrected chi connectivity index (χ0v) is 11.9. The lowest BCUT2D eigenvalue weighted by molar-refractivity contribution is 0.598. The van der Waals surface area contributed by atoms with Gasteiger partial charge in [0.1, 0.15) is 5.82 Å². The molecule has 1 N–H and O–H groups in total. The van der Waals surface area contributed by atoms with Gasteiger partial charge in [-0.15, -0.1) is 0 Å². The first kappa shape index (κ1) is 13.7. The maximum Gasteiger partial charge on any atom is 0.123 e. The minimum absolute atomic E-state index is 0.0191. The van der Waals surface area contributed by atoms with Crippen LogP contribution in [0.15, 0.2) is 24.4 Å². The molecule has 0 amide bonds. The Bertz CT molecular complexity index is 575. The quantitative estimate of drug-likeness (QED) is 0.917. The molecular formula is C15H20FN3. The second-order valence-corrected chi connectivity index (χ2v) is 4.80. The van der Waals surface area contributed by atoms with Gasteiger partial charge in [-0.05, 0) is 43.7 Å². The van der Waals surface area contributed by atoms with Gasteiger partial charge in [-0.3, -0.25) is 4.68 Å². The van der Waals surface area contributed by atoms with E-state index < -0.39 is 0 Å². The van der Waals surface area contributed by atoms with E-state index in [9.17, 15) is 4.39 Å². The molecule has 1 aromatic heterocycles. The van der Waals surface area contributed by atoms with Gasteiger partial charge in [0, 0.05) is 18.3 Å². The number of benzene rings is 1. The summed E-state index contributed by atoms with van der Waals surface area (Å²) in [6, 6.07) is 4.91. The van der Waals surface area contributed by atoms with Crippen molar-refractivity contribution in [1.29, 1.82) is 0 Å². The maximum atomic E-state index is 13.5.